The maximum absolute atomic E-state index is 10.9. The number of hydrogen-bond donors (Lipinski definition) is 1. The van der Waals surface area contributed by atoms with E-state index in [0.717, 1.165) is 0 Å². The summed E-state index contributed by atoms with van der Waals surface area (Å²) in [6.07, 6.45) is 0.218. The van der Waals surface area contributed by atoms with Gasteiger partial charge >= 0.3 is 5.97 Å². The van der Waals surface area contributed by atoms with Crippen LogP contribution in [0.1, 0.15) is 11.9 Å². The molecule has 0 aromatic carbocycles. The van der Waals surface area contributed by atoms with Crippen LogP contribution < -0.4 is 5.73 Å². The van der Waals surface area contributed by atoms with Gasteiger partial charge in [0.1, 0.15) is 10.8 Å². The largest absolute Gasteiger partial charge is 0.466 e. The number of carbonyl (C=O) groups excluding carboxylic acids is 1. The molecule has 0 bridgehead atoms. The predicted octanol–water partition coefficient (Wildman–Crippen LogP) is 1.41. The molecule has 2 N–H and O–H groups in total. The molecule has 1 aromatic heterocycles. The fourth-order valence-electron chi connectivity index (χ4n) is 0.742. The van der Waals surface area contributed by atoms with E-state index in [1.165, 1.54) is 11.3 Å². The Hall–Kier alpha value is -0.620. The second-order valence-corrected chi connectivity index (χ2v) is 3.09. The average Bonchev–Trinajstić information content (AvgIpc) is 2.36. The number of carbonyl (C=O) groups is 1. The van der Waals surface area contributed by atoms with Crippen LogP contribution in [-0.4, -0.2) is 17.6 Å². The highest BCUT2D eigenvalue weighted by molar-refractivity contribution is 8.93. The van der Waals surface area contributed by atoms with E-state index in [1.807, 2.05) is 0 Å². The van der Waals surface area contributed by atoms with Crippen LogP contribution in [0.4, 0.5) is 5.82 Å². The van der Waals surface area contributed by atoms with Gasteiger partial charge in [-0.25, -0.2) is 4.98 Å². The Morgan fingerprint density at radius 1 is 1.77 bits per heavy atom. The SMILES string of the molecule is Br.CCOC(=O)Cc1nc(N)cs1. The van der Waals surface area contributed by atoms with Gasteiger partial charge < -0.3 is 10.5 Å². The Kier molecular flexibility index (Phi) is 5.65. The molecule has 0 aliphatic rings. The van der Waals surface area contributed by atoms with Gasteiger partial charge in [-0.15, -0.1) is 28.3 Å². The number of rotatable bonds is 3. The van der Waals surface area contributed by atoms with Gasteiger partial charge in [-0.3, -0.25) is 4.79 Å². The quantitative estimate of drug-likeness (QED) is 0.841. The minimum absolute atomic E-state index is 0. The molecule has 1 aromatic rings. The summed E-state index contributed by atoms with van der Waals surface area (Å²) in [4.78, 5) is 14.9. The van der Waals surface area contributed by atoms with Crippen molar-refractivity contribution >= 4 is 40.1 Å². The molecule has 0 aliphatic heterocycles. The Morgan fingerprint density at radius 2 is 2.46 bits per heavy atom. The highest BCUT2D eigenvalue weighted by Gasteiger charge is 2.06. The van der Waals surface area contributed by atoms with Crippen molar-refractivity contribution in [3.8, 4) is 0 Å². The predicted molar refractivity (Wildman–Crippen MR) is 57.2 cm³/mol. The van der Waals surface area contributed by atoms with Crippen molar-refractivity contribution in [1.29, 1.82) is 0 Å². The molecule has 0 saturated carbocycles. The summed E-state index contributed by atoms with van der Waals surface area (Å²) in [5.74, 6) is 0.200. The van der Waals surface area contributed by atoms with E-state index >= 15 is 0 Å². The van der Waals surface area contributed by atoms with Crippen LogP contribution in [0, 0.1) is 0 Å². The maximum atomic E-state index is 10.9. The van der Waals surface area contributed by atoms with E-state index < -0.39 is 0 Å². The van der Waals surface area contributed by atoms with Gasteiger partial charge in [-0.1, -0.05) is 0 Å². The number of nitrogens with zero attached hydrogens (tertiary/aromatic N) is 1. The van der Waals surface area contributed by atoms with Crippen molar-refractivity contribution in [1.82, 2.24) is 4.98 Å². The maximum Gasteiger partial charge on any atom is 0.312 e. The van der Waals surface area contributed by atoms with E-state index in [4.69, 9.17) is 10.5 Å². The molecule has 0 fully saturated rings. The number of nitrogen functional groups attached to an aromatic ring is 1. The van der Waals surface area contributed by atoms with E-state index in [-0.39, 0.29) is 29.4 Å². The zero-order chi connectivity index (χ0) is 8.97. The first-order valence-corrected chi connectivity index (χ1v) is 4.46. The molecular weight excluding hydrogens is 256 g/mol. The lowest BCUT2D eigenvalue weighted by atomic mass is 10.4. The standard InChI is InChI=1S/C7H10N2O2S.BrH/c1-2-11-7(10)3-6-9-5(8)4-12-6;/h4H,2-3,8H2,1H3;1H. The van der Waals surface area contributed by atoms with E-state index in [1.54, 1.807) is 12.3 Å². The zero-order valence-corrected chi connectivity index (χ0v) is 9.68. The number of ether oxygens (including phenoxy) is 1. The molecular formula is C7H11BrN2O2S. The van der Waals surface area contributed by atoms with Gasteiger partial charge in [0.2, 0.25) is 0 Å². The van der Waals surface area contributed by atoms with Gasteiger partial charge in [-0.2, -0.15) is 0 Å². The fraction of sp³-hybridized carbons (Fsp3) is 0.429. The second kappa shape index (κ2) is 5.93. The van der Waals surface area contributed by atoms with Gasteiger partial charge in [0, 0.05) is 5.38 Å². The van der Waals surface area contributed by atoms with Gasteiger partial charge in [0.05, 0.1) is 13.0 Å². The first-order chi connectivity index (χ1) is 5.72. The molecule has 74 valence electrons. The van der Waals surface area contributed by atoms with Gasteiger partial charge in [0.15, 0.2) is 0 Å². The van der Waals surface area contributed by atoms with Crippen LogP contribution >= 0.6 is 28.3 Å². The molecule has 0 atom stereocenters. The highest BCUT2D eigenvalue weighted by atomic mass is 79.9. The van der Waals surface area contributed by atoms with Gasteiger partial charge in [-0.05, 0) is 6.92 Å². The van der Waals surface area contributed by atoms with Gasteiger partial charge in [0.25, 0.3) is 0 Å². The minimum atomic E-state index is -0.258. The van der Waals surface area contributed by atoms with Crippen molar-refractivity contribution in [3.05, 3.63) is 10.4 Å². The van der Waals surface area contributed by atoms with E-state index in [9.17, 15) is 4.79 Å². The number of nitrogens with two attached hydrogens (primary N) is 1. The third-order valence-electron chi connectivity index (χ3n) is 1.17. The molecule has 0 amide bonds. The average molecular weight is 267 g/mol. The van der Waals surface area contributed by atoms with Crippen LogP contribution in [0.3, 0.4) is 0 Å². The molecule has 6 heteroatoms. The number of hydrogen-bond acceptors (Lipinski definition) is 5. The first-order valence-electron chi connectivity index (χ1n) is 3.58. The first kappa shape index (κ1) is 12.4. The Labute approximate surface area is 90.9 Å². The van der Waals surface area contributed by atoms with Crippen LogP contribution in [0.2, 0.25) is 0 Å². The molecule has 1 rings (SSSR count). The van der Waals surface area contributed by atoms with Crippen LogP contribution in [0.15, 0.2) is 5.38 Å². The molecule has 0 aliphatic carbocycles. The molecule has 1 heterocycles. The molecule has 0 radical (unpaired) electrons. The molecule has 13 heavy (non-hydrogen) atoms. The zero-order valence-electron chi connectivity index (χ0n) is 7.15. The topological polar surface area (TPSA) is 65.2 Å². The van der Waals surface area contributed by atoms with Crippen LogP contribution in [0.5, 0.6) is 0 Å². The lowest BCUT2D eigenvalue weighted by molar-refractivity contribution is -0.142. The van der Waals surface area contributed by atoms with E-state index in [0.29, 0.717) is 17.4 Å². The lowest BCUT2D eigenvalue weighted by Gasteiger charge is -1.97. The summed E-state index contributed by atoms with van der Waals surface area (Å²) in [7, 11) is 0. The smallest absolute Gasteiger partial charge is 0.312 e. The summed E-state index contributed by atoms with van der Waals surface area (Å²) in [5.41, 5.74) is 5.38. The summed E-state index contributed by atoms with van der Waals surface area (Å²) >= 11 is 1.37. The van der Waals surface area contributed by atoms with Crippen molar-refractivity contribution < 1.29 is 9.53 Å². The van der Waals surface area contributed by atoms with Crippen LogP contribution in [-0.2, 0) is 16.0 Å². The fourth-order valence-corrected chi connectivity index (χ4v) is 1.41. The second-order valence-electron chi connectivity index (χ2n) is 2.15. The van der Waals surface area contributed by atoms with E-state index in [2.05, 4.69) is 4.98 Å². The lowest BCUT2D eigenvalue weighted by Crippen LogP contribution is -2.07. The Morgan fingerprint density at radius 3 is 2.92 bits per heavy atom. The third kappa shape index (κ3) is 4.23. The summed E-state index contributed by atoms with van der Waals surface area (Å²) < 4.78 is 4.74. The Balaban J connectivity index is 0.00000144. The minimum Gasteiger partial charge on any atom is -0.466 e. The highest BCUT2D eigenvalue weighted by Crippen LogP contribution is 2.11. The molecule has 0 unspecified atom stereocenters. The monoisotopic (exact) mass is 266 g/mol. The molecule has 0 spiro atoms. The molecule has 4 nitrogen and oxygen atoms in total. The number of aromatic nitrogens is 1. The van der Waals surface area contributed by atoms with Crippen molar-refractivity contribution in [3.63, 3.8) is 0 Å². The molecule has 0 saturated heterocycles. The summed E-state index contributed by atoms with van der Waals surface area (Å²) in [6.45, 7) is 2.17. The normalized spacial score (nSPS) is 9.00. The van der Waals surface area contributed by atoms with Crippen LogP contribution in [0.25, 0.3) is 0 Å². The Bertz CT molecular complexity index is 277. The van der Waals surface area contributed by atoms with Crippen molar-refractivity contribution in [2.45, 2.75) is 13.3 Å². The number of esters is 1. The third-order valence-corrected chi connectivity index (χ3v) is 2.04. The number of thiazole rings is 1. The number of halogens is 1. The van der Waals surface area contributed by atoms with Crippen molar-refractivity contribution in [2.24, 2.45) is 0 Å². The number of anilines is 1. The summed E-state index contributed by atoms with van der Waals surface area (Å²) in [5, 5.41) is 2.40. The summed E-state index contributed by atoms with van der Waals surface area (Å²) in [6, 6.07) is 0. The van der Waals surface area contributed by atoms with Crippen molar-refractivity contribution in [2.75, 3.05) is 12.3 Å².